The summed E-state index contributed by atoms with van der Waals surface area (Å²) in [5.41, 5.74) is 0.325. The third-order valence-corrected chi connectivity index (χ3v) is 2.96. The standard InChI is InChI=1S/C12H13N3O4/c1-15-6-7(4-10(15)16)11(17)14-8-2-3-9(12(18)19)13-5-8/h2-3,5,7H,4,6H2,1H3,(H,14,17)(H,18,19). The third-order valence-electron chi connectivity index (χ3n) is 2.96. The van der Waals surface area contributed by atoms with E-state index >= 15 is 0 Å². The molecule has 100 valence electrons. The largest absolute Gasteiger partial charge is 0.477 e. The summed E-state index contributed by atoms with van der Waals surface area (Å²) < 4.78 is 0. The van der Waals surface area contributed by atoms with Crippen LogP contribution in [0.15, 0.2) is 18.3 Å². The highest BCUT2D eigenvalue weighted by molar-refractivity contribution is 5.97. The van der Waals surface area contributed by atoms with Crippen molar-refractivity contribution in [1.82, 2.24) is 9.88 Å². The van der Waals surface area contributed by atoms with E-state index in [0.29, 0.717) is 12.2 Å². The second-order valence-electron chi connectivity index (χ2n) is 4.40. The maximum atomic E-state index is 11.9. The number of aromatic nitrogens is 1. The fourth-order valence-corrected chi connectivity index (χ4v) is 1.88. The lowest BCUT2D eigenvalue weighted by Crippen LogP contribution is -2.25. The van der Waals surface area contributed by atoms with Gasteiger partial charge in [-0.3, -0.25) is 9.59 Å². The lowest BCUT2D eigenvalue weighted by atomic mass is 10.1. The Labute approximate surface area is 109 Å². The van der Waals surface area contributed by atoms with Gasteiger partial charge in [-0.25, -0.2) is 9.78 Å². The molecule has 2 amide bonds. The molecule has 19 heavy (non-hydrogen) atoms. The highest BCUT2D eigenvalue weighted by Crippen LogP contribution is 2.18. The minimum absolute atomic E-state index is 0.0560. The van der Waals surface area contributed by atoms with E-state index in [-0.39, 0.29) is 29.8 Å². The fourth-order valence-electron chi connectivity index (χ4n) is 1.88. The molecule has 0 spiro atoms. The zero-order valence-electron chi connectivity index (χ0n) is 10.3. The summed E-state index contributed by atoms with van der Waals surface area (Å²) in [5.74, 6) is -1.82. The van der Waals surface area contributed by atoms with Gasteiger partial charge in [-0.05, 0) is 12.1 Å². The maximum Gasteiger partial charge on any atom is 0.354 e. The Morgan fingerprint density at radius 1 is 1.47 bits per heavy atom. The smallest absolute Gasteiger partial charge is 0.354 e. The first-order chi connectivity index (χ1) is 8.97. The highest BCUT2D eigenvalue weighted by Gasteiger charge is 2.32. The topological polar surface area (TPSA) is 99.6 Å². The van der Waals surface area contributed by atoms with Crippen LogP contribution in [0, 0.1) is 5.92 Å². The van der Waals surface area contributed by atoms with E-state index in [1.807, 2.05) is 0 Å². The number of carboxylic acid groups (broad SMARTS) is 1. The van der Waals surface area contributed by atoms with Crippen LogP contribution in [-0.4, -0.2) is 46.4 Å². The van der Waals surface area contributed by atoms with Crippen LogP contribution < -0.4 is 5.32 Å². The van der Waals surface area contributed by atoms with Gasteiger partial charge in [0.25, 0.3) is 0 Å². The Hall–Kier alpha value is -2.44. The van der Waals surface area contributed by atoms with Crippen LogP contribution in [-0.2, 0) is 9.59 Å². The van der Waals surface area contributed by atoms with Crippen LogP contribution in [0.5, 0.6) is 0 Å². The minimum atomic E-state index is -1.12. The van der Waals surface area contributed by atoms with Crippen molar-refractivity contribution in [3.8, 4) is 0 Å². The molecular formula is C12H13N3O4. The molecule has 2 heterocycles. The maximum absolute atomic E-state index is 11.9. The summed E-state index contributed by atoms with van der Waals surface area (Å²) in [4.78, 5) is 39.0. The molecule has 0 aromatic carbocycles. The summed E-state index contributed by atoms with van der Waals surface area (Å²) in [6.45, 7) is 0.394. The molecule has 1 aliphatic rings. The van der Waals surface area contributed by atoms with Crippen molar-refractivity contribution in [2.45, 2.75) is 6.42 Å². The van der Waals surface area contributed by atoms with Gasteiger partial charge in [0.1, 0.15) is 5.69 Å². The predicted molar refractivity (Wildman–Crippen MR) is 65.6 cm³/mol. The molecule has 1 aliphatic heterocycles. The number of pyridine rings is 1. The number of nitrogens with zero attached hydrogens (tertiary/aromatic N) is 2. The van der Waals surface area contributed by atoms with E-state index in [2.05, 4.69) is 10.3 Å². The van der Waals surface area contributed by atoms with Crippen LogP contribution in [0.1, 0.15) is 16.9 Å². The van der Waals surface area contributed by atoms with Gasteiger partial charge in [0.2, 0.25) is 11.8 Å². The molecular weight excluding hydrogens is 250 g/mol. The first kappa shape index (κ1) is 13.0. The molecule has 1 unspecified atom stereocenters. The van der Waals surface area contributed by atoms with Gasteiger partial charge >= 0.3 is 5.97 Å². The van der Waals surface area contributed by atoms with E-state index in [1.54, 1.807) is 7.05 Å². The molecule has 1 fully saturated rings. The number of amides is 2. The van der Waals surface area contributed by atoms with Gasteiger partial charge in [-0.15, -0.1) is 0 Å². The number of anilines is 1. The molecule has 0 saturated carbocycles. The molecule has 2 rings (SSSR count). The molecule has 1 aromatic rings. The van der Waals surface area contributed by atoms with E-state index in [0.717, 1.165) is 0 Å². The van der Waals surface area contributed by atoms with Crippen LogP contribution in [0.3, 0.4) is 0 Å². The molecule has 1 atom stereocenters. The van der Waals surface area contributed by atoms with Crippen molar-refractivity contribution in [2.75, 3.05) is 18.9 Å². The van der Waals surface area contributed by atoms with Gasteiger partial charge in [0, 0.05) is 20.0 Å². The summed E-state index contributed by atoms with van der Waals surface area (Å²) in [6, 6.07) is 2.78. The van der Waals surface area contributed by atoms with Crippen LogP contribution in [0.25, 0.3) is 0 Å². The Morgan fingerprint density at radius 2 is 2.21 bits per heavy atom. The highest BCUT2D eigenvalue weighted by atomic mass is 16.4. The van der Waals surface area contributed by atoms with E-state index < -0.39 is 5.97 Å². The van der Waals surface area contributed by atoms with Gasteiger partial charge in [0.05, 0.1) is 17.8 Å². The molecule has 0 radical (unpaired) electrons. The minimum Gasteiger partial charge on any atom is -0.477 e. The van der Waals surface area contributed by atoms with Crippen molar-refractivity contribution in [2.24, 2.45) is 5.92 Å². The van der Waals surface area contributed by atoms with E-state index in [9.17, 15) is 14.4 Å². The number of rotatable bonds is 3. The van der Waals surface area contributed by atoms with Crippen LogP contribution in [0.4, 0.5) is 5.69 Å². The molecule has 7 nitrogen and oxygen atoms in total. The summed E-state index contributed by atoms with van der Waals surface area (Å²) in [5, 5.41) is 11.3. The number of hydrogen-bond acceptors (Lipinski definition) is 4. The first-order valence-electron chi connectivity index (χ1n) is 5.71. The van der Waals surface area contributed by atoms with Crippen molar-refractivity contribution in [1.29, 1.82) is 0 Å². The quantitative estimate of drug-likeness (QED) is 0.811. The Balaban J connectivity index is 1.99. The third kappa shape index (κ3) is 2.87. The normalized spacial score (nSPS) is 18.5. The lowest BCUT2D eigenvalue weighted by molar-refractivity contribution is -0.127. The molecule has 1 saturated heterocycles. The first-order valence-corrected chi connectivity index (χ1v) is 5.71. The van der Waals surface area contributed by atoms with Gasteiger partial charge in [0.15, 0.2) is 0 Å². The number of carbonyl (C=O) groups excluding carboxylic acids is 2. The van der Waals surface area contributed by atoms with Crippen molar-refractivity contribution in [3.63, 3.8) is 0 Å². The molecule has 7 heteroatoms. The average molecular weight is 263 g/mol. The summed E-state index contributed by atoms with van der Waals surface area (Å²) >= 11 is 0. The zero-order chi connectivity index (χ0) is 14.0. The Kier molecular flexibility index (Phi) is 3.46. The van der Waals surface area contributed by atoms with Crippen LogP contribution in [0.2, 0.25) is 0 Å². The summed E-state index contributed by atoms with van der Waals surface area (Å²) in [6.07, 6.45) is 1.48. The van der Waals surface area contributed by atoms with Crippen molar-refractivity contribution >= 4 is 23.5 Å². The van der Waals surface area contributed by atoms with Gasteiger partial charge in [-0.2, -0.15) is 0 Å². The summed E-state index contributed by atoms with van der Waals surface area (Å²) in [7, 11) is 1.65. The van der Waals surface area contributed by atoms with Crippen LogP contribution >= 0.6 is 0 Å². The van der Waals surface area contributed by atoms with E-state index in [4.69, 9.17) is 5.11 Å². The molecule has 0 aliphatic carbocycles. The number of likely N-dealkylation sites (tertiary alicyclic amines) is 1. The zero-order valence-corrected chi connectivity index (χ0v) is 10.3. The molecule has 2 N–H and O–H groups in total. The number of aromatic carboxylic acids is 1. The van der Waals surface area contributed by atoms with Gasteiger partial charge < -0.3 is 15.3 Å². The predicted octanol–water partition coefficient (Wildman–Crippen LogP) is 0.197. The monoisotopic (exact) mass is 263 g/mol. The van der Waals surface area contributed by atoms with E-state index in [1.165, 1.54) is 23.2 Å². The molecule has 1 aromatic heterocycles. The second kappa shape index (κ2) is 5.05. The second-order valence-corrected chi connectivity index (χ2v) is 4.40. The van der Waals surface area contributed by atoms with Crippen molar-refractivity contribution < 1.29 is 19.5 Å². The Morgan fingerprint density at radius 3 is 2.68 bits per heavy atom. The number of carboxylic acids is 1. The number of hydrogen-bond donors (Lipinski definition) is 2. The van der Waals surface area contributed by atoms with Crippen molar-refractivity contribution in [3.05, 3.63) is 24.0 Å². The Bertz CT molecular complexity index is 526. The average Bonchev–Trinajstić information content (AvgIpc) is 2.70. The lowest BCUT2D eigenvalue weighted by Gasteiger charge is -2.10. The number of nitrogens with one attached hydrogen (secondary N) is 1. The number of carbonyl (C=O) groups is 3. The molecule has 0 bridgehead atoms. The SMILES string of the molecule is CN1CC(C(=O)Nc2ccc(C(=O)O)nc2)CC1=O. The van der Waals surface area contributed by atoms with Gasteiger partial charge in [-0.1, -0.05) is 0 Å². The fraction of sp³-hybridized carbons (Fsp3) is 0.333.